The van der Waals surface area contributed by atoms with E-state index in [2.05, 4.69) is 98.9 Å². The zero-order chi connectivity index (χ0) is 59.1. The SMILES string of the molecule is CC/C=C\C/C=C\C/C=C\C/C=C\C/C=C\C/C=C\C/C=C\CCCCCCCCCCCCCCCCCC(=O)OC(CO)COC(=O)CCCCCCCCCCCCCCCCCCCCCCCCCCCCCCCCC. The lowest BCUT2D eigenvalue weighted by molar-refractivity contribution is -0.161. The van der Waals surface area contributed by atoms with Gasteiger partial charge in [0.1, 0.15) is 6.61 Å². The van der Waals surface area contributed by atoms with Gasteiger partial charge >= 0.3 is 11.9 Å². The van der Waals surface area contributed by atoms with E-state index in [1.54, 1.807) is 0 Å². The van der Waals surface area contributed by atoms with Crippen LogP contribution in [0.1, 0.15) is 373 Å². The second kappa shape index (κ2) is 72.3. The highest BCUT2D eigenvalue weighted by Gasteiger charge is 2.16. The molecule has 5 heteroatoms. The van der Waals surface area contributed by atoms with Crippen LogP contribution >= 0.6 is 0 Å². The Bertz CT molecular complexity index is 1480. The average molecular weight is 1140 g/mol. The summed E-state index contributed by atoms with van der Waals surface area (Å²) < 4.78 is 10.8. The van der Waals surface area contributed by atoms with E-state index in [0.29, 0.717) is 12.8 Å². The van der Waals surface area contributed by atoms with Crippen LogP contribution in [-0.4, -0.2) is 36.4 Å². The lowest BCUT2D eigenvalue weighted by Gasteiger charge is -2.15. The number of unbranched alkanes of at least 4 members (excludes halogenated alkanes) is 45. The van der Waals surface area contributed by atoms with Gasteiger partial charge in [-0.3, -0.25) is 9.59 Å². The van der Waals surface area contributed by atoms with Crippen molar-refractivity contribution in [3.8, 4) is 0 Å². The second-order valence-corrected chi connectivity index (χ2v) is 24.3. The molecule has 476 valence electrons. The molecule has 1 N–H and O–H groups in total. The Hall–Kier alpha value is -2.92. The van der Waals surface area contributed by atoms with Crippen molar-refractivity contribution in [2.75, 3.05) is 13.2 Å². The average Bonchev–Trinajstić information content (AvgIpc) is 3.49. The van der Waals surface area contributed by atoms with Crippen LogP contribution in [0.15, 0.2) is 85.1 Å². The number of allylic oxidation sites excluding steroid dienone is 14. The number of hydrogen-bond acceptors (Lipinski definition) is 5. The Balaban J connectivity index is 3.43. The normalized spacial score (nSPS) is 12.7. The minimum Gasteiger partial charge on any atom is -0.462 e. The zero-order valence-electron chi connectivity index (χ0n) is 54.8. The molecule has 0 aromatic rings. The van der Waals surface area contributed by atoms with Crippen LogP contribution in [-0.2, 0) is 19.1 Å². The zero-order valence-corrected chi connectivity index (χ0v) is 54.8. The van der Waals surface area contributed by atoms with E-state index in [9.17, 15) is 14.7 Å². The smallest absolute Gasteiger partial charge is 0.306 e. The number of rotatable bonds is 67. The summed E-state index contributed by atoms with van der Waals surface area (Å²) in [5, 5.41) is 9.71. The maximum Gasteiger partial charge on any atom is 0.306 e. The van der Waals surface area contributed by atoms with Gasteiger partial charge in [0.15, 0.2) is 6.10 Å². The van der Waals surface area contributed by atoms with Gasteiger partial charge in [0.25, 0.3) is 0 Å². The van der Waals surface area contributed by atoms with Crippen LogP contribution in [0.25, 0.3) is 0 Å². The number of aliphatic hydroxyl groups excluding tert-OH is 1. The molecule has 0 heterocycles. The minimum absolute atomic E-state index is 0.0631. The molecule has 0 aromatic carbocycles. The fourth-order valence-electron chi connectivity index (χ4n) is 10.8. The van der Waals surface area contributed by atoms with Gasteiger partial charge in [-0.1, -0.05) is 375 Å². The third-order valence-electron chi connectivity index (χ3n) is 16.2. The highest BCUT2D eigenvalue weighted by atomic mass is 16.6. The summed E-state index contributed by atoms with van der Waals surface area (Å²) in [6.45, 7) is 4.08. The number of aliphatic hydroxyl groups is 1. The van der Waals surface area contributed by atoms with Crippen molar-refractivity contribution >= 4 is 11.9 Å². The summed E-state index contributed by atoms with van der Waals surface area (Å²) in [4.78, 5) is 24.7. The molecule has 0 amide bonds. The molecule has 0 rings (SSSR count). The molecule has 0 saturated carbocycles. The standard InChI is InChI=1S/C77H138O5/c1-3-5-7-9-11-13-15-17-19-21-23-25-27-29-31-33-35-36-37-38-39-40-42-44-46-48-50-52-54-56-58-60-62-64-66-68-70-72-77(80)82-75(73-78)74-81-76(79)71-69-67-65-63-61-59-57-55-53-51-49-47-45-43-41-34-32-30-28-26-24-22-20-18-16-14-12-10-8-6-4-2/h5,7,11,13,17,19,23,25,29,31,35-36,38-39,75,78H,3-4,6,8-10,12,14-16,18,20-22,24,26-28,30,32-34,37,40-74H2,1-2H3/b7-5-,13-11-,19-17-,25-23-,31-29-,36-35-,39-38-. The first-order valence-corrected chi connectivity index (χ1v) is 36.1. The van der Waals surface area contributed by atoms with Gasteiger partial charge in [-0.25, -0.2) is 0 Å². The molecule has 0 fully saturated rings. The van der Waals surface area contributed by atoms with Gasteiger partial charge in [0.2, 0.25) is 0 Å². The highest BCUT2D eigenvalue weighted by molar-refractivity contribution is 5.70. The minimum atomic E-state index is -0.775. The lowest BCUT2D eigenvalue weighted by Crippen LogP contribution is -2.28. The molecule has 5 nitrogen and oxygen atoms in total. The molecular weight excluding hydrogens is 1000 g/mol. The summed E-state index contributed by atoms with van der Waals surface area (Å²) in [6, 6.07) is 0. The molecule has 0 saturated heterocycles. The van der Waals surface area contributed by atoms with E-state index in [-0.39, 0.29) is 25.2 Å². The largest absolute Gasteiger partial charge is 0.462 e. The van der Waals surface area contributed by atoms with Crippen LogP contribution in [0.4, 0.5) is 0 Å². The molecule has 0 bridgehead atoms. The Morgan fingerprint density at radius 3 is 0.793 bits per heavy atom. The predicted molar refractivity (Wildman–Crippen MR) is 362 cm³/mol. The van der Waals surface area contributed by atoms with Crippen molar-refractivity contribution in [3.05, 3.63) is 85.1 Å². The number of carbonyl (C=O) groups is 2. The molecular formula is C77H138O5. The van der Waals surface area contributed by atoms with Gasteiger partial charge in [0, 0.05) is 12.8 Å². The van der Waals surface area contributed by atoms with Gasteiger partial charge in [-0.15, -0.1) is 0 Å². The van der Waals surface area contributed by atoms with E-state index >= 15 is 0 Å². The monoisotopic (exact) mass is 1140 g/mol. The Morgan fingerprint density at radius 2 is 0.524 bits per heavy atom. The van der Waals surface area contributed by atoms with E-state index in [1.807, 2.05) is 0 Å². The van der Waals surface area contributed by atoms with Crippen molar-refractivity contribution in [1.82, 2.24) is 0 Å². The molecule has 0 aliphatic rings. The Kier molecular flexibility index (Phi) is 69.8. The van der Waals surface area contributed by atoms with Gasteiger partial charge in [-0.2, -0.15) is 0 Å². The summed E-state index contributed by atoms with van der Waals surface area (Å²) in [6.07, 6.45) is 102. The summed E-state index contributed by atoms with van der Waals surface area (Å²) in [5.74, 6) is -0.573. The molecule has 82 heavy (non-hydrogen) atoms. The van der Waals surface area contributed by atoms with Gasteiger partial charge in [-0.05, 0) is 70.6 Å². The van der Waals surface area contributed by atoms with Crippen LogP contribution in [0.5, 0.6) is 0 Å². The summed E-state index contributed by atoms with van der Waals surface area (Å²) >= 11 is 0. The molecule has 0 spiro atoms. The van der Waals surface area contributed by atoms with Crippen molar-refractivity contribution in [1.29, 1.82) is 0 Å². The van der Waals surface area contributed by atoms with Crippen molar-refractivity contribution in [2.45, 2.75) is 380 Å². The highest BCUT2D eigenvalue weighted by Crippen LogP contribution is 2.19. The summed E-state index contributed by atoms with van der Waals surface area (Å²) in [5.41, 5.74) is 0. The third-order valence-corrected chi connectivity index (χ3v) is 16.2. The van der Waals surface area contributed by atoms with Crippen LogP contribution in [0, 0.1) is 0 Å². The van der Waals surface area contributed by atoms with E-state index in [0.717, 1.165) is 83.5 Å². The predicted octanol–water partition coefficient (Wildman–Crippen LogP) is 25.2. The van der Waals surface area contributed by atoms with Crippen molar-refractivity contribution in [2.24, 2.45) is 0 Å². The van der Waals surface area contributed by atoms with Gasteiger partial charge < -0.3 is 14.6 Å². The fourth-order valence-corrected chi connectivity index (χ4v) is 10.8. The van der Waals surface area contributed by atoms with Crippen molar-refractivity contribution < 1.29 is 24.2 Å². The number of ether oxygens (including phenoxy) is 2. The van der Waals surface area contributed by atoms with Gasteiger partial charge in [0.05, 0.1) is 6.61 Å². The fraction of sp³-hybridized carbons (Fsp3) is 0.792. The molecule has 0 aromatic heterocycles. The maximum atomic E-state index is 12.4. The molecule has 0 aliphatic carbocycles. The first-order valence-electron chi connectivity index (χ1n) is 36.1. The molecule has 0 aliphatic heterocycles. The van der Waals surface area contributed by atoms with Crippen LogP contribution in [0.3, 0.4) is 0 Å². The van der Waals surface area contributed by atoms with E-state index < -0.39 is 6.10 Å². The first kappa shape index (κ1) is 79.1. The Morgan fingerprint density at radius 1 is 0.293 bits per heavy atom. The quantitative estimate of drug-likeness (QED) is 0.0373. The Labute approximate surface area is 511 Å². The van der Waals surface area contributed by atoms with E-state index in [1.165, 1.54) is 263 Å². The second-order valence-electron chi connectivity index (χ2n) is 24.3. The maximum absolute atomic E-state index is 12.4. The summed E-state index contributed by atoms with van der Waals surface area (Å²) in [7, 11) is 0. The molecule has 0 radical (unpaired) electrons. The first-order chi connectivity index (χ1) is 40.6. The number of esters is 2. The van der Waals surface area contributed by atoms with Crippen molar-refractivity contribution in [3.63, 3.8) is 0 Å². The van der Waals surface area contributed by atoms with Crippen LogP contribution in [0.2, 0.25) is 0 Å². The topological polar surface area (TPSA) is 72.8 Å². The number of carbonyl (C=O) groups excluding carboxylic acids is 2. The lowest BCUT2D eigenvalue weighted by atomic mass is 10.0. The van der Waals surface area contributed by atoms with E-state index in [4.69, 9.17) is 9.47 Å². The molecule has 1 atom stereocenters. The molecule has 1 unspecified atom stereocenters. The number of hydrogen-bond donors (Lipinski definition) is 1. The third kappa shape index (κ3) is 69.6. The van der Waals surface area contributed by atoms with Crippen LogP contribution < -0.4 is 0 Å².